The van der Waals surface area contributed by atoms with E-state index in [0.29, 0.717) is 24.1 Å². The second-order valence-electron chi connectivity index (χ2n) is 4.70. The first kappa shape index (κ1) is 14.2. The Bertz CT molecular complexity index is 605. The molecule has 7 heteroatoms. The summed E-state index contributed by atoms with van der Waals surface area (Å²) in [5, 5.41) is 23.0. The van der Waals surface area contributed by atoms with Gasteiger partial charge in [-0.2, -0.15) is 5.26 Å². The molecular formula is C13H12ClN3O3. The number of urea groups is 1. The lowest BCUT2D eigenvalue weighted by molar-refractivity contribution is -0.143. The molecule has 3 N–H and O–H groups in total. The van der Waals surface area contributed by atoms with Gasteiger partial charge in [-0.1, -0.05) is 11.6 Å². The molecule has 0 saturated heterocycles. The third kappa shape index (κ3) is 3.00. The summed E-state index contributed by atoms with van der Waals surface area (Å²) in [5.41, 5.74) is -0.0571. The average Bonchev–Trinajstić information content (AvgIpc) is 3.20. The van der Waals surface area contributed by atoms with Crippen LogP contribution in [0, 0.1) is 16.7 Å². The van der Waals surface area contributed by atoms with Crippen LogP contribution in [0.15, 0.2) is 18.2 Å². The van der Waals surface area contributed by atoms with E-state index in [1.807, 2.05) is 6.07 Å². The highest BCUT2D eigenvalue weighted by Crippen LogP contribution is 2.45. The van der Waals surface area contributed by atoms with Gasteiger partial charge in [0, 0.05) is 6.54 Å². The Morgan fingerprint density at radius 1 is 1.45 bits per heavy atom. The highest BCUT2D eigenvalue weighted by Gasteiger charge is 2.50. The number of anilines is 1. The number of rotatable bonds is 4. The number of carboxylic acids is 1. The number of nitriles is 1. The van der Waals surface area contributed by atoms with Crippen LogP contribution in [0.3, 0.4) is 0 Å². The average molecular weight is 294 g/mol. The van der Waals surface area contributed by atoms with E-state index in [-0.39, 0.29) is 11.6 Å². The topological polar surface area (TPSA) is 102 Å². The summed E-state index contributed by atoms with van der Waals surface area (Å²) in [5.74, 6) is -0.894. The highest BCUT2D eigenvalue weighted by molar-refractivity contribution is 6.33. The standard InChI is InChI=1S/C13H12ClN3O3/c14-9-5-8(6-15)1-2-10(9)17-12(20)16-7-13(3-4-13)11(18)19/h1-2,5H,3-4,7H2,(H,18,19)(H2,16,17,20). The zero-order valence-electron chi connectivity index (χ0n) is 10.4. The van der Waals surface area contributed by atoms with E-state index < -0.39 is 17.4 Å². The zero-order chi connectivity index (χ0) is 14.8. The van der Waals surface area contributed by atoms with Crippen LogP contribution in [0.4, 0.5) is 10.5 Å². The van der Waals surface area contributed by atoms with Gasteiger partial charge in [0.05, 0.1) is 27.8 Å². The summed E-state index contributed by atoms with van der Waals surface area (Å²) < 4.78 is 0. The minimum absolute atomic E-state index is 0.0854. The molecule has 1 aromatic rings. The maximum absolute atomic E-state index is 11.7. The van der Waals surface area contributed by atoms with E-state index in [4.69, 9.17) is 22.0 Å². The van der Waals surface area contributed by atoms with Crippen LogP contribution in [0.1, 0.15) is 18.4 Å². The predicted molar refractivity (Wildman–Crippen MR) is 72.5 cm³/mol. The SMILES string of the molecule is N#Cc1ccc(NC(=O)NCC2(C(=O)O)CC2)c(Cl)c1. The maximum atomic E-state index is 11.7. The van der Waals surface area contributed by atoms with Crippen molar-refractivity contribution in [3.63, 3.8) is 0 Å². The summed E-state index contributed by atoms with van der Waals surface area (Å²) in [6, 6.07) is 5.90. The summed E-state index contributed by atoms with van der Waals surface area (Å²) in [6.07, 6.45) is 1.14. The molecule has 0 radical (unpaired) electrons. The lowest BCUT2D eigenvalue weighted by atomic mass is 10.1. The molecule has 0 unspecified atom stereocenters. The van der Waals surface area contributed by atoms with E-state index in [9.17, 15) is 9.59 Å². The molecular weight excluding hydrogens is 282 g/mol. The summed E-state index contributed by atoms with van der Waals surface area (Å²) in [7, 11) is 0. The number of hydrogen-bond acceptors (Lipinski definition) is 3. The smallest absolute Gasteiger partial charge is 0.319 e. The third-order valence-electron chi connectivity index (χ3n) is 3.24. The molecule has 0 heterocycles. The van der Waals surface area contributed by atoms with Gasteiger partial charge in [-0.05, 0) is 31.0 Å². The number of halogens is 1. The van der Waals surface area contributed by atoms with Gasteiger partial charge in [-0.3, -0.25) is 4.79 Å². The number of carbonyl (C=O) groups excluding carboxylic acids is 1. The molecule has 6 nitrogen and oxygen atoms in total. The first-order chi connectivity index (χ1) is 9.47. The monoisotopic (exact) mass is 293 g/mol. The third-order valence-corrected chi connectivity index (χ3v) is 3.55. The van der Waals surface area contributed by atoms with Crippen molar-refractivity contribution in [2.45, 2.75) is 12.8 Å². The second kappa shape index (κ2) is 5.39. The number of amides is 2. The van der Waals surface area contributed by atoms with Crippen LogP contribution in [0.5, 0.6) is 0 Å². The lowest BCUT2D eigenvalue weighted by Crippen LogP contribution is -2.36. The van der Waals surface area contributed by atoms with Crippen molar-refractivity contribution in [2.75, 3.05) is 11.9 Å². The minimum Gasteiger partial charge on any atom is -0.481 e. The van der Waals surface area contributed by atoms with Gasteiger partial charge in [-0.25, -0.2) is 4.79 Å². The summed E-state index contributed by atoms with van der Waals surface area (Å²) >= 11 is 5.92. The van der Waals surface area contributed by atoms with Gasteiger partial charge in [-0.15, -0.1) is 0 Å². The van der Waals surface area contributed by atoms with E-state index in [1.165, 1.54) is 18.2 Å². The van der Waals surface area contributed by atoms with E-state index in [0.717, 1.165) is 0 Å². The van der Waals surface area contributed by atoms with E-state index in [2.05, 4.69) is 10.6 Å². The van der Waals surface area contributed by atoms with Crippen LogP contribution in [-0.2, 0) is 4.79 Å². The fourth-order valence-electron chi connectivity index (χ4n) is 1.72. The Labute approximate surface area is 120 Å². The van der Waals surface area contributed by atoms with Gasteiger partial charge >= 0.3 is 12.0 Å². The fourth-order valence-corrected chi connectivity index (χ4v) is 1.95. The molecule has 0 atom stereocenters. The molecule has 0 spiro atoms. The Morgan fingerprint density at radius 2 is 2.15 bits per heavy atom. The number of benzene rings is 1. The fraction of sp³-hybridized carbons (Fsp3) is 0.308. The molecule has 104 valence electrons. The molecule has 2 rings (SSSR count). The second-order valence-corrected chi connectivity index (χ2v) is 5.11. The van der Waals surface area contributed by atoms with E-state index >= 15 is 0 Å². The van der Waals surface area contributed by atoms with Crippen LogP contribution in [-0.4, -0.2) is 23.7 Å². The van der Waals surface area contributed by atoms with Crippen molar-refractivity contribution in [3.05, 3.63) is 28.8 Å². The van der Waals surface area contributed by atoms with Gasteiger partial charge in [0.25, 0.3) is 0 Å². The summed E-state index contributed by atoms with van der Waals surface area (Å²) in [6.45, 7) is 0.0854. The number of aliphatic carboxylic acids is 1. The van der Waals surface area contributed by atoms with Gasteiger partial charge < -0.3 is 15.7 Å². The maximum Gasteiger partial charge on any atom is 0.319 e. The van der Waals surface area contributed by atoms with Crippen molar-refractivity contribution < 1.29 is 14.7 Å². The molecule has 0 aliphatic heterocycles. The van der Waals surface area contributed by atoms with Crippen LogP contribution in [0.2, 0.25) is 5.02 Å². The van der Waals surface area contributed by atoms with Crippen molar-refractivity contribution in [1.29, 1.82) is 5.26 Å². The zero-order valence-corrected chi connectivity index (χ0v) is 11.2. The number of carboxylic acid groups (broad SMARTS) is 1. The number of carbonyl (C=O) groups is 2. The van der Waals surface area contributed by atoms with Crippen LogP contribution >= 0.6 is 11.6 Å². The predicted octanol–water partition coefficient (Wildman–Crippen LogP) is 2.20. The first-order valence-electron chi connectivity index (χ1n) is 5.95. The molecule has 0 aromatic heterocycles. The minimum atomic E-state index is -0.894. The van der Waals surface area contributed by atoms with Crippen LogP contribution in [0.25, 0.3) is 0 Å². The van der Waals surface area contributed by atoms with Crippen molar-refractivity contribution in [3.8, 4) is 6.07 Å². The molecule has 1 aromatic carbocycles. The molecule has 1 aliphatic carbocycles. The van der Waals surface area contributed by atoms with Crippen molar-refractivity contribution >= 4 is 29.3 Å². The first-order valence-corrected chi connectivity index (χ1v) is 6.32. The Balaban J connectivity index is 1.92. The molecule has 20 heavy (non-hydrogen) atoms. The molecule has 1 saturated carbocycles. The number of nitrogens with zero attached hydrogens (tertiary/aromatic N) is 1. The summed E-state index contributed by atoms with van der Waals surface area (Å²) in [4.78, 5) is 22.6. The molecule has 1 aliphatic rings. The Morgan fingerprint density at radius 3 is 2.65 bits per heavy atom. The van der Waals surface area contributed by atoms with Crippen molar-refractivity contribution in [2.24, 2.45) is 5.41 Å². The largest absolute Gasteiger partial charge is 0.481 e. The van der Waals surface area contributed by atoms with Gasteiger partial charge in [0.1, 0.15) is 0 Å². The highest BCUT2D eigenvalue weighted by atomic mass is 35.5. The molecule has 1 fully saturated rings. The van der Waals surface area contributed by atoms with Crippen molar-refractivity contribution in [1.82, 2.24) is 5.32 Å². The number of hydrogen-bond donors (Lipinski definition) is 3. The number of nitrogens with one attached hydrogen (secondary N) is 2. The molecule has 2 amide bonds. The van der Waals surface area contributed by atoms with Crippen LogP contribution < -0.4 is 10.6 Å². The van der Waals surface area contributed by atoms with Gasteiger partial charge in [0.2, 0.25) is 0 Å². The Kier molecular flexibility index (Phi) is 3.81. The van der Waals surface area contributed by atoms with E-state index in [1.54, 1.807) is 0 Å². The Hall–Kier alpha value is -2.26. The normalized spacial score (nSPS) is 15.0. The lowest BCUT2D eigenvalue weighted by Gasteiger charge is -2.12. The quantitative estimate of drug-likeness (QED) is 0.792. The molecule has 0 bridgehead atoms. The van der Waals surface area contributed by atoms with Gasteiger partial charge in [0.15, 0.2) is 0 Å².